The molecule has 0 aliphatic rings. The van der Waals surface area contributed by atoms with E-state index in [4.69, 9.17) is 0 Å². The van der Waals surface area contributed by atoms with Gasteiger partial charge < -0.3 is 5.71 Å². The molecule has 0 heterocycles. The molecule has 0 unspecified atom stereocenters. The van der Waals surface area contributed by atoms with Gasteiger partial charge in [-0.3, -0.25) is 9.41 Å². The minimum atomic E-state index is 0. The minimum absolute atomic E-state index is 0. The predicted molar refractivity (Wildman–Crippen MR) is 21.0 cm³/mol. The third-order valence-corrected chi connectivity index (χ3v) is 0. The van der Waals surface area contributed by atoms with E-state index in [2.05, 4.69) is 0 Å². The summed E-state index contributed by atoms with van der Waals surface area (Å²) < 4.78 is 0. The van der Waals surface area contributed by atoms with Gasteiger partial charge in [-0.1, -0.05) is 0 Å². The predicted octanol–water partition coefficient (Wildman–Crippen LogP) is -0.00660. The third kappa shape index (κ3) is 8.86. The summed E-state index contributed by atoms with van der Waals surface area (Å²) in [5, 5.41) is 0. The Bertz CT molecular complexity index is 14.0. The fraction of sp³-hybridized carbons (Fsp3) is 0. The summed E-state index contributed by atoms with van der Waals surface area (Å²) in [4.78, 5) is 0. The summed E-state index contributed by atoms with van der Waals surface area (Å²) in [6.45, 7) is 0. The van der Waals surface area contributed by atoms with Gasteiger partial charge in [0.15, 0.2) is 0 Å². The molecule has 0 aliphatic heterocycles. The van der Waals surface area contributed by atoms with E-state index in [1.807, 2.05) is 0 Å². The van der Waals surface area contributed by atoms with Gasteiger partial charge in [0.2, 0.25) is 0 Å². The Morgan fingerprint density at radius 3 is 1.00 bits per heavy atom. The van der Waals surface area contributed by atoms with Crippen LogP contribution in [0.2, 0.25) is 0 Å². The summed E-state index contributed by atoms with van der Waals surface area (Å²) in [5.74, 6) is 0. The first-order valence-corrected chi connectivity index (χ1v) is 0. The molecule has 0 fully saturated rings. The van der Waals surface area contributed by atoms with Crippen LogP contribution in [0.4, 0.5) is 9.41 Å². The number of rotatable bonds is 0. The topological polar surface area (TPSA) is 0 Å². The van der Waals surface area contributed by atoms with Crippen molar-refractivity contribution in [3.05, 3.63) is 0 Å². The van der Waals surface area contributed by atoms with Crippen molar-refractivity contribution in [3.8, 4) is 0 Å². The first-order chi connectivity index (χ1) is 0. The van der Waals surface area contributed by atoms with Gasteiger partial charge in [0.1, 0.15) is 0 Å². The zero-order chi connectivity index (χ0) is 0. The van der Waals surface area contributed by atoms with Gasteiger partial charge in [-0.05, 0) is 0 Å². The van der Waals surface area contributed by atoms with Crippen molar-refractivity contribution in [1.82, 2.24) is 0 Å². The van der Waals surface area contributed by atoms with Crippen LogP contribution >= 0.6 is 0 Å². The Balaban J connectivity index is 0. The number of halogens is 2. The summed E-state index contributed by atoms with van der Waals surface area (Å²) in [6.07, 6.45) is 0. The summed E-state index contributed by atoms with van der Waals surface area (Å²) >= 11 is 0. The molecule has 0 N–H and O–H groups in total. The largest absolute Gasteiger partial charge is 2.00 e. The van der Waals surface area contributed by atoms with E-state index in [9.17, 15) is 0 Å². The molecule has 0 spiro atoms. The molecule has 0 amide bonds. The molecule has 0 nitrogen and oxygen atoms in total. The summed E-state index contributed by atoms with van der Waals surface area (Å²) in [5.41, 5.74) is 0. The van der Waals surface area contributed by atoms with E-state index in [0.717, 1.165) is 0 Å². The van der Waals surface area contributed by atoms with Gasteiger partial charge in [0.05, 0.1) is 0 Å². The van der Waals surface area contributed by atoms with Crippen molar-refractivity contribution in [2.45, 2.75) is 0 Å². The first kappa shape index (κ1) is 28.5. The van der Waals surface area contributed by atoms with Crippen LogP contribution in [0.25, 0.3) is 0 Å². The smallest absolute Gasteiger partial charge is 1.00 e. The molecule has 24 valence electrons. The van der Waals surface area contributed by atoms with Gasteiger partial charge in [0, 0.05) is 0 Å². The molecular formula is H6BaF2Sr. The number of hydrogen-bond acceptors (Lipinski definition) is 0. The second-order valence-corrected chi connectivity index (χ2v) is 0. The maximum atomic E-state index is 0. The fourth-order valence-electron chi connectivity index (χ4n) is 0. The van der Waals surface area contributed by atoms with Gasteiger partial charge in [-0.25, -0.2) is 0 Å². The van der Waals surface area contributed by atoms with Crippen molar-refractivity contribution in [2.75, 3.05) is 0 Å². The fourth-order valence-corrected chi connectivity index (χ4v) is 0. The van der Waals surface area contributed by atoms with E-state index >= 15 is 0 Å². The van der Waals surface area contributed by atoms with Crippen LogP contribution in [0.3, 0.4) is 0 Å². The average Bonchev–Trinajstić information content (AvgIpc) is 0. The Hall–Kier alpha value is 2.91. The summed E-state index contributed by atoms with van der Waals surface area (Å²) in [6, 6.07) is 0. The van der Waals surface area contributed by atoms with E-state index in [-0.39, 0.29) is 109 Å². The zero-order valence-corrected chi connectivity index (χ0v) is 10.1. The molecule has 0 radical (unpaired) electrons. The summed E-state index contributed by atoms with van der Waals surface area (Å²) in [7, 11) is 0. The van der Waals surface area contributed by atoms with Gasteiger partial charge in [-0.15, -0.1) is 0 Å². The monoisotopic (exact) mass is 270 g/mol. The molecule has 0 atom stereocenters. The first-order valence-electron chi connectivity index (χ1n) is 0. The van der Waals surface area contributed by atoms with Crippen molar-refractivity contribution in [1.29, 1.82) is 0 Å². The quantitative estimate of drug-likeness (QED) is 0.543. The minimum Gasteiger partial charge on any atom is -1.00 e. The Morgan fingerprint density at radius 1 is 1.00 bits per heavy atom. The van der Waals surface area contributed by atoms with Crippen LogP contribution in [-0.2, 0) is 0 Å². The van der Waals surface area contributed by atoms with Crippen molar-refractivity contribution < 1.29 is 15.1 Å². The Labute approximate surface area is 107 Å². The van der Waals surface area contributed by atoms with Crippen molar-refractivity contribution in [2.24, 2.45) is 0 Å². The van der Waals surface area contributed by atoms with E-state index < -0.39 is 0 Å². The van der Waals surface area contributed by atoms with Crippen molar-refractivity contribution >= 4 is 94.4 Å². The SMILES string of the molecule is F.F.[Ba+2].[H-].[H-].[H-].[H-].[Sr+2]. The molecule has 4 heteroatoms. The van der Waals surface area contributed by atoms with Crippen LogP contribution in [0.5, 0.6) is 0 Å². The standard InChI is InChI=1S/Ba.2FH.Sr.4H/h;2*1H;;;;;/q+2;;;+2;4*-1. The van der Waals surface area contributed by atoms with Crippen LogP contribution in [0.1, 0.15) is 5.71 Å². The second-order valence-electron chi connectivity index (χ2n) is 0. The normalized spacial score (nSPS) is 0. The number of hydrogen-bond donors (Lipinski definition) is 0. The van der Waals surface area contributed by atoms with Gasteiger partial charge in [-0.2, -0.15) is 0 Å². The molecule has 0 aromatic heterocycles. The zero-order valence-electron chi connectivity index (χ0n) is 6.23. The van der Waals surface area contributed by atoms with Gasteiger partial charge in [0.25, 0.3) is 0 Å². The van der Waals surface area contributed by atoms with Crippen LogP contribution in [-0.4, -0.2) is 94.4 Å². The molecule has 0 bridgehead atoms. The molecule has 0 aromatic carbocycles. The molecular weight excluding hydrogens is 263 g/mol. The van der Waals surface area contributed by atoms with Crippen LogP contribution in [0.15, 0.2) is 0 Å². The second kappa shape index (κ2) is 16.8. The van der Waals surface area contributed by atoms with Gasteiger partial charge >= 0.3 is 94.4 Å². The maximum Gasteiger partial charge on any atom is 2.00 e. The van der Waals surface area contributed by atoms with Crippen LogP contribution in [0, 0.1) is 0 Å². The average molecular weight is 269 g/mol. The van der Waals surface area contributed by atoms with E-state index in [1.165, 1.54) is 0 Å². The van der Waals surface area contributed by atoms with E-state index in [1.54, 1.807) is 0 Å². The molecule has 0 saturated carbocycles. The Morgan fingerprint density at radius 2 is 1.00 bits per heavy atom. The third-order valence-electron chi connectivity index (χ3n) is 0. The molecule has 0 saturated heterocycles. The molecule has 0 aromatic rings. The van der Waals surface area contributed by atoms with Crippen LogP contribution < -0.4 is 0 Å². The Kier molecular flexibility index (Phi) is 120. The molecule has 0 rings (SSSR count). The maximum absolute atomic E-state index is 0. The van der Waals surface area contributed by atoms with Crippen molar-refractivity contribution in [3.63, 3.8) is 0 Å². The van der Waals surface area contributed by atoms with E-state index in [0.29, 0.717) is 0 Å². The molecule has 0 aliphatic carbocycles. The molecule has 4 heavy (non-hydrogen) atoms.